The summed E-state index contributed by atoms with van der Waals surface area (Å²) in [7, 11) is 0. The molecular weight excluding hydrogens is 754 g/mol. The van der Waals surface area contributed by atoms with Crippen LogP contribution in [-0.2, 0) is 42.9 Å². The number of amides is 1. The first-order valence-corrected chi connectivity index (χ1v) is 19.2. The molecule has 310 valence electrons. The molecule has 0 aromatic heterocycles. The van der Waals surface area contributed by atoms with Gasteiger partial charge in [-0.1, -0.05) is 75.2 Å². The van der Waals surface area contributed by atoms with Crippen molar-refractivity contribution in [1.29, 1.82) is 0 Å². The third-order valence-corrected chi connectivity index (χ3v) is 12.9. The predicted molar refractivity (Wildman–Crippen MR) is 201 cm³/mol. The lowest BCUT2D eigenvalue weighted by atomic mass is 9.42. The van der Waals surface area contributed by atoms with Crippen molar-refractivity contribution in [1.82, 2.24) is 5.32 Å². The van der Waals surface area contributed by atoms with Crippen LogP contribution in [0, 0.1) is 40.4 Å². The highest BCUT2D eigenvalue weighted by Gasteiger charge is 2.79. The van der Waals surface area contributed by atoms with Crippen molar-refractivity contribution in [3.63, 3.8) is 0 Å². The second-order valence-corrected chi connectivity index (χ2v) is 16.4. The topological polar surface area (TPSA) is 221 Å². The number of Topliss-reactive ketones (excluding diaryl/α,β-unsaturated/α-hetero) is 2. The van der Waals surface area contributed by atoms with Gasteiger partial charge in [0.1, 0.15) is 23.9 Å². The number of rotatable bonds is 9. The van der Waals surface area contributed by atoms with E-state index >= 15 is 0 Å². The number of fused-ring (bicyclic) bond motifs is 5. The summed E-state index contributed by atoms with van der Waals surface area (Å²) in [5.74, 6) is -3.83. The van der Waals surface area contributed by atoms with Gasteiger partial charge in [-0.25, -0.2) is 14.4 Å². The van der Waals surface area contributed by atoms with Crippen molar-refractivity contribution >= 4 is 35.6 Å². The Balaban J connectivity index is 1.46. The standard InChI is InChI=1S/C43H49NO14/c1-7-8-19-54-39(52)44-31(25-15-11-9-12-16-25)33(48)38(51)56-27-21-43(53)36(57-37(50)26-17-13-10-14-18-26)34-41(6,35(49)32(47)30(23(27)2)40(43,4)5)28(46)20-29-42(34,22-55-29)58-24(3)45/h9-18,23,27-31,33-34,36,46,48,53H,19-22H2,1-6H3,(H,44,52)/t23?,27?,28-,29+,30?,31-,33+,34-,36-,41+,42-,43+/m0/s1. The molecule has 2 aromatic rings. The molecule has 3 saturated carbocycles. The van der Waals surface area contributed by atoms with Gasteiger partial charge >= 0.3 is 24.0 Å². The van der Waals surface area contributed by atoms with Gasteiger partial charge in [0.2, 0.25) is 11.6 Å². The number of carbonyl (C=O) groups is 6. The Morgan fingerprint density at radius 3 is 2.22 bits per heavy atom. The van der Waals surface area contributed by atoms with Gasteiger partial charge in [-0.15, -0.1) is 5.92 Å². The van der Waals surface area contributed by atoms with Gasteiger partial charge in [-0.2, -0.15) is 0 Å². The molecule has 4 fully saturated rings. The molecule has 3 unspecified atom stereocenters. The molecular formula is C43H49NO14. The quantitative estimate of drug-likeness (QED) is 0.124. The maximum Gasteiger partial charge on any atom is 0.408 e. The highest BCUT2D eigenvalue weighted by Crippen LogP contribution is 2.64. The molecule has 3 aliphatic carbocycles. The Labute approximate surface area is 335 Å². The van der Waals surface area contributed by atoms with Crippen LogP contribution in [0.5, 0.6) is 0 Å². The molecule has 12 atom stereocenters. The van der Waals surface area contributed by atoms with E-state index < -0.39 is 118 Å². The molecule has 0 radical (unpaired) electrons. The minimum atomic E-state index is -2.36. The van der Waals surface area contributed by atoms with Gasteiger partial charge in [0.05, 0.1) is 35.6 Å². The Morgan fingerprint density at radius 2 is 1.64 bits per heavy atom. The van der Waals surface area contributed by atoms with Crippen LogP contribution in [0.25, 0.3) is 0 Å². The second kappa shape index (κ2) is 15.9. The van der Waals surface area contributed by atoms with Crippen molar-refractivity contribution in [2.75, 3.05) is 13.2 Å². The molecule has 4 aliphatic rings. The third kappa shape index (κ3) is 6.95. The molecule has 2 bridgehead atoms. The van der Waals surface area contributed by atoms with Crippen molar-refractivity contribution in [3.8, 4) is 11.8 Å². The lowest BCUT2D eigenvalue weighted by Gasteiger charge is -2.67. The van der Waals surface area contributed by atoms with Gasteiger partial charge < -0.3 is 44.3 Å². The van der Waals surface area contributed by atoms with E-state index in [9.17, 15) is 44.1 Å². The number of alkyl carbamates (subject to hydrolysis) is 1. The molecule has 15 nitrogen and oxygen atoms in total. The van der Waals surface area contributed by atoms with Crippen LogP contribution in [0.4, 0.5) is 4.79 Å². The number of esters is 3. The van der Waals surface area contributed by atoms with Crippen molar-refractivity contribution in [2.45, 2.75) is 102 Å². The van der Waals surface area contributed by atoms with Gasteiger partial charge in [0, 0.05) is 37.0 Å². The molecule has 2 aromatic carbocycles. The van der Waals surface area contributed by atoms with Crippen LogP contribution in [0.1, 0.15) is 76.3 Å². The van der Waals surface area contributed by atoms with E-state index in [0.29, 0.717) is 5.56 Å². The van der Waals surface area contributed by atoms with E-state index in [4.69, 9.17) is 23.7 Å². The summed E-state index contributed by atoms with van der Waals surface area (Å²) in [5, 5.41) is 39.2. The van der Waals surface area contributed by atoms with Crippen molar-refractivity contribution in [2.24, 2.45) is 28.6 Å². The Bertz CT molecular complexity index is 2010. The number of aliphatic hydroxyl groups is 3. The molecule has 15 heteroatoms. The summed E-state index contributed by atoms with van der Waals surface area (Å²) in [6.45, 7) is 8.10. The first-order chi connectivity index (χ1) is 27.3. The molecule has 1 amide bonds. The minimum absolute atomic E-state index is 0.0703. The van der Waals surface area contributed by atoms with Crippen molar-refractivity contribution in [3.05, 3.63) is 71.8 Å². The second-order valence-electron chi connectivity index (χ2n) is 16.4. The summed E-state index contributed by atoms with van der Waals surface area (Å²) in [4.78, 5) is 83.3. The van der Waals surface area contributed by atoms with Gasteiger partial charge in [0.15, 0.2) is 18.3 Å². The molecule has 4 N–H and O–H groups in total. The summed E-state index contributed by atoms with van der Waals surface area (Å²) in [6.07, 6.45) is -9.59. The number of carbonyl (C=O) groups excluding carboxylic acids is 6. The van der Waals surface area contributed by atoms with Crippen LogP contribution in [0.3, 0.4) is 0 Å². The first-order valence-electron chi connectivity index (χ1n) is 19.2. The van der Waals surface area contributed by atoms with Gasteiger partial charge in [0.25, 0.3) is 0 Å². The summed E-state index contributed by atoms with van der Waals surface area (Å²) in [6, 6.07) is 14.5. The zero-order chi connectivity index (χ0) is 42.4. The average molecular weight is 804 g/mol. The van der Waals surface area contributed by atoms with Crippen molar-refractivity contribution < 1.29 is 67.8 Å². The molecule has 6 rings (SSSR count). The van der Waals surface area contributed by atoms with Crippen LogP contribution in [0.15, 0.2) is 60.7 Å². The van der Waals surface area contributed by atoms with Crippen LogP contribution in [0.2, 0.25) is 0 Å². The van der Waals surface area contributed by atoms with E-state index in [0.717, 1.165) is 6.92 Å². The number of ether oxygens (including phenoxy) is 5. The number of nitrogens with one attached hydrogen (secondary N) is 1. The molecule has 1 heterocycles. The fourth-order valence-electron chi connectivity index (χ4n) is 9.78. The van der Waals surface area contributed by atoms with E-state index in [1.165, 1.54) is 32.9 Å². The summed E-state index contributed by atoms with van der Waals surface area (Å²) in [5.41, 5.74) is -7.44. The van der Waals surface area contributed by atoms with Crippen LogP contribution < -0.4 is 5.32 Å². The number of aliphatic hydroxyl groups excluding tert-OH is 2. The molecule has 1 aliphatic heterocycles. The lowest BCUT2D eigenvalue weighted by molar-refractivity contribution is -0.350. The van der Waals surface area contributed by atoms with E-state index in [1.807, 2.05) is 0 Å². The fourth-order valence-corrected chi connectivity index (χ4v) is 9.78. The van der Waals surface area contributed by atoms with Gasteiger partial charge in [-0.3, -0.25) is 14.4 Å². The predicted octanol–water partition coefficient (Wildman–Crippen LogP) is 2.63. The Kier molecular flexibility index (Phi) is 11.6. The Morgan fingerprint density at radius 1 is 1.00 bits per heavy atom. The summed E-state index contributed by atoms with van der Waals surface area (Å²) < 4.78 is 29.1. The number of ketones is 2. The summed E-state index contributed by atoms with van der Waals surface area (Å²) >= 11 is 0. The fraction of sp³-hybridized carbons (Fsp3) is 0.535. The zero-order valence-electron chi connectivity index (χ0n) is 33.1. The average Bonchev–Trinajstić information content (AvgIpc) is 3.18. The molecule has 1 saturated heterocycles. The minimum Gasteiger partial charge on any atom is -0.460 e. The van der Waals surface area contributed by atoms with E-state index in [2.05, 4.69) is 17.2 Å². The lowest BCUT2D eigenvalue weighted by Crippen LogP contribution is -2.82. The number of benzene rings is 2. The normalized spacial score (nSPS) is 34.3. The number of hydrogen-bond donors (Lipinski definition) is 4. The van der Waals surface area contributed by atoms with E-state index in [-0.39, 0.29) is 25.2 Å². The zero-order valence-corrected chi connectivity index (χ0v) is 33.1. The van der Waals surface area contributed by atoms with Crippen LogP contribution in [-0.4, -0.2) is 106 Å². The highest BCUT2D eigenvalue weighted by atomic mass is 16.6. The Hall–Kier alpha value is -5.14. The maximum absolute atomic E-state index is 14.9. The monoisotopic (exact) mass is 803 g/mol. The largest absolute Gasteiger partial charge is 0.460 e. The maximum atomic E-state index is 14.9. The SMILES string of the molecule is CC#CCOC(=O)N[C@@H](c1ccccc1)[C@@H](O)C(=O)OC1C[C@@]2(O)[C@@H](OC(=O)c3ccccc3)[C@@H]3[C@]4(OC(C)=O)CO[C@@H]4C[C@H](O)[C@@]3(C)C(=O)C(=O)C(C1C)C2(C)C. The first kappa shape index (κ1) is 42.5. The van der Waals surface area contributed by atoms with Gasteiger partial charge in [-0.05, 0) is 31.5 Å². The highest BCUT2D eigenvalue weighted by molar-refractivity contribution is 6.40. The molecule has 58 heavy (non-hydrogen) atoms. The van der Waals surface area contributed by atoms with Crippen LogP contribution >= 0.6 is 0 Å². The van der Waals surface area contributed by atoms with E-state index in [1.54, 1.807) is 62.4 Å². The number of hydrogen-bond acceptors (Lipinski definition) is 14. The smallest absolute Gasteiger partial charge is 0.408 e. The molecule has 0 spiro atoms. The third-order valence-electron chi connectivity index (χ3n) is 12.9.